The lowest BCUT2D eigenvalue weighted by Crippen LogP contribution is -2.40. The van der Waals surface area contributed by atoms with Crippen molar-refractivity contribution in [3.63, 3.8) is 0 Å². The standard InChI is InChI=1S/C16H19N3O3/c1-22-11-13(17)15(20)18-14-8-5-9-19(16(14)21)10-12-6-3-2-4-7-12/h2-9,13H,10-11,17H2,1H3,(H,18,20). The number of amides is 1. The Kier molecular flexibility index (Phi) is 5.46. The fourth-order valence-corrected chi connectivity index (χ4v) is 2.02. The second kappa shape index (κ2) is 7.53. The van der Waals surface area contributed by atoms with Crippen molar-refractivity contribution in [1.29, 1.82) is 0 Å². The Hall–Kier alpha value is -2.44. The van der Waals surface area contributed by atoms with Crippen LogP contribution in [0.15, 0.2) is 53.5 Å². The molecule has 3 N–H and O–H groups in total. The van der Waals surface area contributed by atoms with Gasteiger partial charge in [-0.1, -0.05) is 30.3 Å². The number of rotatable bonds is 6. The summed E-state index contributed by atoms with van der Waals surface area (Å²) in [5.41, 5.74) is 6.58. The van der Waals surface area contributed by atoms with E-state index >= 15 is 0 Å². The summed E-state index contributed by atoms with van der Waals surface area (Å²) in [4.78, 5) is 24.2. The molecule has 0 fully saturated rings. The Labute approximate surface area is 128 Å². The first-order valence-electron chi connectivity index (χ1n) is 6.90. The van der Waals surface area contributed by atoms with Gasteiger partial charge in [0.05, 0.1) is 13.2 Å². The number of carbonyl (C=O) groups is 1. The first-order valence-corrected chi connectivity index (χ1v) is 6.90. The van der Waals surface area contributed by atoms with E-state index in [9.17, 15) is 9.59 Å². The highest BCUT2D eigenvalue weighted by Gasteiger charge is 2.15. The number of pyridine rings is 1. The van der Waals surface area contributed by atoms with Gasteiger partial charge in [-0.15, -0.1) is 0 Å². The molecule has 0 saturated carbocycles. The highest BCUT2D eigenvalue weighted by Crippen LogP contribution is 2.04. The quantitative estimate of drug-likeness (QED) is 0.826. The summed E-state index contributed by atoms with van der Waals surface area (Å²) < 4.78 is 6.36. The number of hydrogen-bond donors (Lipinski definition) is 2. The van der Waals surface area contributed by atoms with Gasteiger partial charge in [0.1, 0.15) is 11.7 Å². The molecule has 2 rings (SSSR count). The average Bonchev–Trinajstić information content (AvgIpc) is 2.52. The van der Waals surface area contributed by atoms with Crippen molar-refractivity contribution in [3.05, 3.63) is 64.6 Å². The van der Waals surface area contributed by atoms with Crippen LogP contribution in [-0.4, -0.2) is 30.2 Å². The first-order chi connectivity index (χ1) is 10.6. The normalized spacial score (nSPS) is 11.9. The molecule has 0 radical (unpaired) electrons. The number of anilines is 1. The van der Waals surface area contributed by atoms with Crippen LogP contribution in [0.4, 0.5) is 5.69 Å². The van der Waals surface area contributed by atoms with E-state index in [2.05, 4.69) is 5.32 Å². The Bertz CT molecular complexity index is 683. The zero-order valence-electron chi connectivity index (χ0n) is 12.4. The molecule has 1 unspecified atom stereocenters. The van der Waals surface area contributed by atoms with E-state index in [1.165, 1.54) is 11.7 Å². The maximum absolute atomic E-state index is 12.4. The van der Waals surface area contributed by atoms with Gasteiger partial charge in [-0.25, -0.2) is 0 Å². The minimum atomic E-state index is -0.813. The minimum absolute atomic E-state index is 0.0941. The number of methoxy groups -OCH3 is 1. The fraction of sp³-hybridized carbons (Fsp3) is 0.250. The van der Waals surface area contributed by atoms with Crippen molar-refractivity contribution in [3.8, 4) is 0 Å². The summed E-state index contributed by atoms with van der Waals surface area (Å²) >= 11 is 0. The van der Waals surface area contributed by atoms with Crippen molar-refractivity contribution in [1.82, 2.24) is 4.57 Å². The Morgan fingerprint density at radius 1 is 1.27 bits per heavy atom. The molecule has 1 aromatic heterocycles. The molecule has 0 saturated heterocycles. The predicted molar refractivity (Wildman–Crippen MR) is 84.7 cm³/mol. The second-order valence-corrected chi connectivity index (χ2v) is 4.89. The van der Waals surface area contributed by atoms with E-state index in [4.69, 9.17) is 10.5 Å². The van der Waals surface area contributed by atoms with Gasteiger partial charge in [-0.2, -0.15) is 0 Å². The third kappa shape index (κ3) is 4.03. The lowest BCUT2D eigenvalue weighted by atomic mass is 10.2. The number of nitrogens with one attached hydrogen (secondary N) is 1. The Balaban J connectivity index is 2.16. The van der Waals surface area contributed by atoms with Crippen LogP contribution in [0.3, 0.4) is 0 Å². The summed E-state index contributed by atoms with van der Waals surface area (Å²) in [6.45, 7) is 0.532. The molecule has 0 aliphatic carbocycles. The lowest BCUT2D eigenvalue weighted by Gasteiger charge is -2.12. The lowest BCUT2D eigenvalue weighted by molar-refractivity contribution is -0.118. The molecular formula is C16H19N3O3. The van der Waals surface area contributed by atoms with E-state index in [-0.39, 0.29) is 17.9 Å². The summed E-state index contributed by atoms with van der Waals surface area (Å²) in [5.74, 6) is -0.448. The summed E-state index contributed by atoms with van der Waals surface area (Å²) in [7, 11) is 1.46. The van der Waals surface area contributed by atoms with Gasteiger partial charge >= 0.3 is 0 Å². The van der Waals surface area contributed by atoms with E-state index in [1.54, 1.807) is 18.3 Å². The summed E-state index contributed by atoms with van der Waals surface area (Å²) in [6.07, 6.45) is 1.68. The van der Waals surface area contributed by atoms with E-state index in [0.717, 1.165) is 5.56 Å². The number of ether oxygens (including phenoxy) is 1. The van der Waals surface area contributed by atoms with Crippen molar-refractivity contribution >= 4 is 11.6 Å². The van der Waals surface area contributed by atoms with Gasteiger partial charge in [0.2, 0.25) is 5.91 Å². The van der Waals surface area contributed by atoms with Crippen LogP contribution >= 0.6 is 0 Å². The molecule has 0 aliphatic heterocycles. The Morgan fingerprint density at radius 2 is 2.00 bits per heavy atom. The van der Waals surface area contributed by atoms with Crippen LogP contribution in [0.25, 0.3) is 0 Å². The fourth-order valence-electron chi connectivity index (χ4n) is 2.02. The number of nitrogens with zero attached hydrogens (tertiary/aromatic N) is 1. The molecule has 6 heteroatoms. The van der Waals surface area contributed by atoms with Gasteiger partial charge in [0.15, 0.2) is 0 Å². The summed E-state index contributed by atoms with van der Waals surface area (Å²) in [6, 6.07) is 12.1. The van der Waals surface area contributed by atoms with E-state index in [0.29, 0.717) is 6.54 Å². The van der Waals surface area contributed by atoms with Gasteiger partial charge < -0.3 is 20.4 Å². The molecule has 0 bridgehead atoms. The molecule has 2 aromatic rings. The number of aromatic nitrogens is 1. The van der Waals surface area contributed by atoms with Crippen molar-refractivity contribution in [2.75, 3.05) is 19.0 Å². The number of benzene rings is 1. The van der Waals surface area contributed by atoms with Crippen LogP contribution in [0.2, 0.25) is 0 Å². The van der Waals surface area contributed by atoms with Gasteiger partial charge in [0.25, 0.3) is 5.56 Å². The van der Waals surface area contributed by atoms with E-state index < -0.39 is 11.9 Å². The van der Waals surface area contributed by atoms with Crippen LogP contribution < -0.4 is 16.6 Å². The van der Waals surface area contributed by atoms with Gasteiger partial charge in [0, 0.05) is 13.3 Å². The second-order valence-electron chi connectivity index (χ2n) is 4.89. The van der Waals surface area contributed by atoms with Gasteiger partial charge in [-0.3, -0.25) is 9.59 Å². The Morgan fingerprint density at radius 3 is 2.68 bits per heavy atom. The maximum atomic E-state index is 12.4. The molecular weight excluding hydrogens is 282 g/mol. The minimum Gasteiger partial charge on any atom is -0.383 e. The molecule has 1 atom stereocenters. The van der Waals surface area contributed by atoms with E-state index in [1.807, 2.05) is 30.3 Å². The third-order valence-electron chi connectivity index (χ3n) is 3.16. The predicted octanol–water partition coefficient (Wildman–Crippen LogP) is 0.809. The number of hydrogen-bond acceptors (Lipinski definition) is 4. The first kappa shape index (κ1) is 15.9. The van der Waals surface area contributed by atoms with Crippen molar-refractivity contribution in [2.24, 2.45) is 5.73 Å². The average molecular weight is 301 g/mol. The SMILES string of the molecule is COCC(N)C(=O)Nc1cccn(Cc2ccccc2)c1=O. The molecule has 0 aliphatic rings. The molecule has 22 heavy (non-hydrogen) atoms. The number of nitrogens with two attached hydrogens (primary N) is 1. The molecule has 1 amide bonds. The highest BCUT2D eigenvalue weighted by atomic mass is 16.5. The van der Waals surface area contributed by atoms with Crippen LogP contribution in [0.1, 0.15) is 5.56 Å². The van der Waals surface area contributed by atoms with Gasteiger partial charge in [-0.05, 0) is 17.7 Å². The zero-order chi connectivity index (χ0) is 15.9. The number of carbonyl (C=O) groups excluding carboxylic acids is 1. The van der Waals surface area contributed by atoms with Crippen LogP contribution in [0, 0.1) is 0 Å². The third-order valence-corrected chi connectivity index (χ3v) is 3.16. The largest absolute Gasteiger partial charge is 0.383 e. The smallest absolute Gasteiger partial charge is 0.274 e. The monoisotopic (exact) mass is 301 g/mol. The maximum Gasteiger partial charge on any atom is 0.274 e. The molecule has 1 aromatic carbocycles. The molecule has 0 spiro atoms. The molecule has 1 heterocycles. The van der Waals surface area contributed by atoms with Crippen LogP contribution in [0.5, 0.6) is 0 Å². The molecule has 6 nitrogen and oxygen atoms in total. The topological polar surface area (TPSA) is 86.3 Å². The molecule has 116 valence electrons. The highest BCUT2D eigenvalue weighted by molar-refractivity contribution is 5.94. The summed E-state index contributed by atoms with van der Waals surface area (Å²) in [5, 5.41) is 2.54. The van der Waals surface area contributed by atoms with Crippen molar-refractivity contribution < 1.29 is 9.53 Å². The zero-order valence-corrected chi connectivity index (χ0v) is 12.4. The van der Waals surface area contributed by atoms with Crippen LogP contribution in [-0.2, 0) is 16.1 Å². The van der Waals surface area contributed by atoms with Crippen molar-refractivity contribution in [2.45, 2.75) is 12.6 Å².